The standard InChI is InChI=1S/C34H28ClN3O5S2/c1-16-7-5-6-10-22(16)36-24(39)15-43-23-12-11-17(35)13-19(23)25-26-20-14-21(29(26)44-31-30(25)45-34(42)37-31)28-27(20)32(40)38(33(28)41)18-8-3-2-4-9-18/h2-13,20-21,25-29H,14-15H2,1H3,(H,36,39)(H,37,42)/t20?,21?,25-,26?,27?,28?,29?/m1/s1. The Hall–Kier alpha value is -3.86. The zero-order valence-corrected chi connectivity index (χ0v) is 26.5. The average Bonchev–Trinajstić information content (AvgIpc) is 3.77. The molecule has 2 N–H and O–H groups in total. The molecule has 2 saturated carbocycles. The summed E-state index contributed by atoms with van der Waals surface area (Å²) >= 11 is 9.37. The SMILES string of the molecule is Cc1ccccc1NC(=O)COc1ccc(Cl)cc1[C@H]1c2sc(=O)[nH]c2SC2C3CC(C4C(=O)N(c5ccccc5)C(=O)C34)C21. The number of fused-ring (bicyclic) bond motifs is 9. The maximum absolute atomic E-state index is 14.0. The Morgan fingerprint density at radius 1 is 1.00 bits per heavy atom. The van der Waals surface area contributed by atoms with Crippen molar-refractivity contribution in [3.8, 4) is 5.75 Å². The van der Waals surface area contributed by atoms with Gasteiger partial charge in [-0.05, 0) is 73.1 Å². The molecule has 0 spiro atoms. The number of thiazole rings is 1. The van der Waals surface area contributed by atoms with Crippen LogP contribution in [-0.2, 0) is 14.4 Å². The molecule has 3 aromatic carbocycles. The van der Waals surface area contributed by atoms with Crippen molar-refractivity contribution in [2.45, 2.75) is 29.5 Å². The number of aryl methyl sites for hydroxylation is 1. The van der Waals surface area contributed by atoms with Crippen molar-refractivity contribution in [3.63, 3.8) is 0 Å². The van der Waals surface area contributed by atoms with Gasteiger partial charge in [0.05, 0.1) is 22.5 Å². The number of benzene rings is 3. The molecule has 2 bridgehead atoms. The van der Waals surface area contributed by atoms with Gasteiger partial charge in [-0.3, -0.25) is 24.1 Å². The van der Waals surface area contributed by atoms with E-state index in [1.165, 1.54) is 4.90 Å². The highest BCUT2D eigenvalue weighted by Gasteiger charge is 2.69. The first-order valence-electron chi connectivity index (χ1n) is 14.9. The molecule has 0 radical (unpaired) electrons. The number of thioether (sulfide) groups is 1. The summed E-state index contributed by atoms with van der Waals surface area (Å²) in [6.45, 7) is 1.71. The van der Waals surface area contributed by atoms with Crippen LogP contribution in [-0.4, -0.2) is 34.6 Å². The quantitative estimate of drug-likeness (QED) is 0.243. The summed E-state index contributed by atoms with van der Waals surface area (Å²) < 4.78 is 6.18. The number of amides is 3. The van der Waals surface area contributed by atoms with Crippen LogP contribution in [0.5, 0.6) is 5.75 Å². The van der Waals surface area contributed by atoms with Gasteiger partial charge in [-0.1, -0.05) is 59.3 Å². The first-order chi connectivity index (χ1) is 21.8. The molecule has 3 amide bonds. The molecule has 3 fully saturated rings. The van der Waals surface area contributed by atoms with Gasteiger partial charge in [0, 0.05) is 32.3 Å². The van der Waals surface area contributed by atoms with Crippen molar-refractivity contribution in [3.05, 3.63) is 103 Å². The van der Waals surface area contributed by atoms with Crippen molar-refractivity contribution >= 4 is 63.8 Å². The molecule has 2 aliphatic carbocycles. The van der Waals surface area contributed by atoms with Gasteiger partial charge in [-0.2, -0.15) is 0 Å². The lowest BCUT2D eigenvalue weighted by Crippen LogP contribution is -2.42. The van der Waals surface area contributed by atoms with Gasteiger partial charge in [0.1, 0.15) is 5.75 Å². The average molecular weight is 658 g/mol. The van der Waals surface area contributed by atoms with Crippen molar-refractivity contribution in [2.24, 2.45) is 29.6 Å². The smallest absolute Gasteiger partial charge is 0.305 e. The van der Waals surface area contributed by atoms with Crippen LogP contribution in [0.4, 0.5) is 11.4 Å². The lowest BCUT2D eigenvalue weighted by Gasteiger charge is -2.43. The van der Waals surface area contributed by atoms with Crippen molar-refractivity contribution in [1.29, 1.82) is 0 Å². The predicted octanol–water partition coefficient (Wildman–Crippen LogP) is 6.09. The summed E-state index contributed by atoms with van der Waals surface area (Å²) in [5, 5.41) is 4.22. The maximum Gasteiger partial charge on any atom is 0.305 e. The van der Waals surface area contributed by atoms with Gasteiger partial charge >= 0.3 is 4.87 Å². The second-order valence-electron chi connectivity index (χ2n) is 12.1. The molecule has 2 aliphatic heterocycles. The van der Waals surface area contributed by atoms with Crippen LogP contribution in [0, 0.1) is 36.5 Å². The van der Waals surface area contributed by atoms with E-state index in [2.05, 4.69) is 10.3 Å². The zero-order valence-electron chi connectivity index (χ0n) is 24.1. The summed E-state index contributed by atoms with van der Waals surface area (Å²) in [7, 11) is 0. The number of H-pyrrole nitrogens is 1. The molecule has 45 heavy (non-hydrogen) atoms. The highest BCUT2D eigenvalue weighted by Crippen LogP contribution is 2.69. The van der Waals surface area contributed by atoms with E-state index in [1.807, 2.05) is 55.5 Å². The minimum Gasteiger partial charge on any atom is -0.483 e. The number of aromatic amines is 1. The Labute approximate surface area is 272 Å². The van der Waals surface area contributed by atoms with Crippen LogP contribution in [0.15, 0.2) is 82.6 Å². The van der Waals surface area contributed by atoms with Gasteiger partial charge in [-0.15, -0.1) is 11.8 Å². The highest BCUT2D eigenvalue weighted by atomic mass is 35.5. The fourth-order valence-electron chi connectivity index (χ4n) is 8.13. The van der Waals surface area contributed by atoms with E-state index in [4.69, 9.17) is 16.3 Å². The van der Waals surface area contributed by atoms with Crippen molar-refractivity contribution in [2.75, 3.05) is 16.8 Å². The Balaban J connectivity index is 1.15. The molecule has 6 unspecified atom stereocenters. The molecule has 11 heteroatoms. The number of para-hydroxylation sites is 2. The van der Waals surface area contributed by atoms with E-state index in [0.29, 0.717) is 22.1 Å². The van der Waals surface area contributed by atoms with Gasteiger partial charge in [0.15, 0.2) is 6.61 Å². The summed E-state index contributed by atoms with van der Waals surface area (Å²) in [4.78, 5) is 58.6. The number of aromatic nitrogens is 1. The minimum atomic E-state index is -0.423. The lowest BCUT2D eigenvalue weighted by atomic mass is 9.68. The van der Waals surface area contributed by atoms with E-state index < -0.39 is 5.92 Å². The number of nitrogens with one attached hydrogen (secondary N) is 2. The molecule has 8 nitrogen and oxygen atoms in total. The first-order valence-corrected chi connectivity index (χ1v) is 17.0. The molecule has 3 heterocycles. The molecule has 7 atom stereocenters. The monoisotopic (exact) mass is 657 g/mol. The Morgan fingerprint density at radius 2 is 1.73 bits per heavy atom. The van der Waals surface area contributed by atoms with E-state index in [9.17, 15) is 19.2 Å². The van der Waals surface area contributed by atoms with Gasteiger partial charge in [0.2, 0.25) is 11.8 Å². The number of rotatable bonds is 6. The number of hydrogen-bond donors (Lipinski definition) is 2. The van der Waals surface area contributed by atoms with Gasteiger partial charge < -0.3 is 15.0 Å². The van der Waals surface area contributed by atoms with Crippen molar-refractivity contribution in [1.82, 2.24) is 4.98 Å². The van der Waals surface area contributed by atoms with Crippen LogP contribution in [0.2, 0.25) is 5.02 Å². The normalized spacial score (nSPS) is 27.7. The molecule has 1 aromatic heterocycles. The molecule has 4 aliphatic rings. The molecule has 4 aromatic rings. The Bertz CT molecular complexity index is 1930. The van der Waals surface area contributed by atoms with Crippen LogP contribution >= 0.6 is 34.7 Å². The van der Waals surface area contributed by atoms with Crippen LogP contribution < -0.4 is 19.8 Å². The van der Waals surface area contributed by atoms with E-state index in [1.54, 1.807) is 36.0 Å². The van der Waals surface area contributed by atoms with Crippen LogP contribution in [0.1, 0.15) is 28.3 Å². The van der Waals surface area contributed by atoms with E-state index >= 15 is 0 Å². The van der Waals surface area contributed by atoms with Crippen LogP contribution in [0.3, 0.4) is 0 Å². The summed E-state index contributed by atoms with van der Waals surface area (Å²) in [6, 6.07) is 22.0. The molecule has 8 rings (SSSR count). The van der Waals surface area contributed by atoms with Gasteiger partial charge in [-0.25, -0.2) is 0 Å². The highest BCUT2D eigenvalue weighted by molar-refractivity contribution is 8.00. The summed E-state index contributed by atoms with van der Waals surface area (Å²) in [6.07, 6.45) is 0.767. The molecular formula is C34H28ClN3O5S2. The fourth-order valence-corrected chi connectivity index (χ4v) is 11.2. The summed E-state index contributed by atoms with van der Waals surface area (Å²) in [5.74, 6) is -1.28. The number of hydrogen-bond acceptors (Lipinski definition) is 7. The second kappa shape index (κ2) is 10.9. The number of ether oxygens (including phenoxy) is 1. The lowest BCUT2D eigenvalue weighted by molar-refractivity contribution is -0.123. The molecule has 1 saturated heterocycles. The molecular weight excluding hydrogens is 630 g/mol. The van der Waals surface area contributed by atoms with E-state index in [0.717, 1.165) is 38.8 Å². The Kier molecular flexibility index (Phi) is 6.92. The number of imide groups is 1. The first kappa shape index (κ1) is 28.6. The number of carbonyl (C=O) groups is 3. The maximum atomic E-state index is 14.0. The van der Waals surface area contributed by atoms with E-state index in [-0.39, 0.29) is 64.0 Å². The topological polar surface area (TPSA) is 109 Å². The third kappa shape index (κ3) is 4.56. The van der Waals surface area contributed by atoms with Crippen LogP contribution in [0.25, 0.3) is 0 Å². The minimum absolute atomic E-state index is 0.0114. The predicted molar refractivity (Wildman–Crippen MR) is 174 cm³/mol. The number of carbonyl (C=O) groups excluding carboxylic acids is 3. The fraction of sp³-hybridized carbons (Fsp3) is 0.294. The van der Waals surface area contributed by atoms with Gasteiger partial charge in [0.25, 0.3) is 5.91 Å². The zero-order chi connectivity index (χ0) is 31.0. The number of anilines is 2. The second-order valence-corrected chi connectivity index (χ2v) is 14.8. The number of nitrogens with zero attached hydrogens (tertiary/aromatic N) is 1. The number of halogens is 1. The summed E-state index contributed by atoms with van der Waals surface area (Å²) in [5.41, 5.74) is 3.04. The van der Waals surface area contributed by atoms with Crippen molar-refractivity contribution < 1.29 is 19.1 Å². The molecule has 228 valence electrons. The third-order valence-electron chi connectivity index (χ3n) is 9.82. The Morgan fingerprint density at radius 3 is 2.51 bits per heavy atom. The third-order valence-corrected chi connectivity index (χ3v) is 12.6. The largest absolute Gasteiger partial charge is 0.483 e.